The van der Waals surface area contributed by atoms with Crippen molar-refractivity contribution in [1.82, 2.24) is 4.90 Å². The smallest absolute Gasteiger partial charge is 0.0571 e. The van der Waals surface area contributed by atoms with Crippen LogP contribution in [0.3, 0.4) is 0 Å². The molecule has 3 aliphatic rings. The predicted molar refractivity (Wildman–Crippen MR) is 77.8 cm³/mol. The standard InChI is InChI=1S/C16H30N2O/c17-15-7-13(8-16(19)14-5-6-14)10-18(11-15)9-12-3-1-2-4-12/h12-16,19H,1-11,17H2. The van der Waals surface area contributed by atoms with Gasteiger partial charge in [-0.05, 0) is 56.3 Å². The van der Waals surface area contributed by atoms with E-state index in [4.69, 9.17) is 5.73 Å². The molecule has 3 N–H and O–H groups in total. The molecule has 3 heteroatoms. The number of piperidine rings is 1. The molecule has 110 valence electrons. The maximum absolute atomic E-state index is 10.1. The zero-order valence-electron chi connectivity index (χ0n) is 12.1. The first-order valence-electron chi connectivity index (χ1n) is 8.36. The Morgan fingerprint density at radius 1 is 1.05 bits per heavy atom. The zero-order valence-corrected chi connectivity index (χ0v) is 12.1. The number of aliphatic hydroxyl groups is 1. The Bertz CT molecular complexity index is 274. The molecule has 1 saturated heterocycles. The van der Waals surface area contributed by atoms with Crippen molar-refractivity contribution < 1.29 is 5.11 Å². The van der Waals surface area contributed by atoms with Gasteiger partial charge in [-0.15, -0.1) is 0 Å². The molecule has 2 aliphatic carbocycles. The van der Waals surface area contributed by atoms with E-state index in [-0.39, 0.29) is 6.10 Å². The van der Waals surface area contributed by atoms with E-state index in [0.29, 0.717) is 17.9 Å². The van der Waals surface area contributed by atoms with Gasteiger partial charge in [0.25, 0.3) is 0 Å². The highest BCUT2D eigenvalue weighted by atomic mass is 16.3. The van der Waals surface area contributed by atoms with Crippen molar-refractivity contribution in [3.63, 3.8) is 0 Å². The average molecular weight is 266 g/mol. The van der Waals surface area contributed by atoms with Crippen LogP contribution < -0.4 is 5.73 Å². The topological polar surface area (TPSA) is 49.5 Å². The fraction of sp³-hybridized carbons (Fsp3) is 1.00. The fourth-order valence-corrected chi connectivity index (χ4v) is 4.24. The molecule has 1 heterocycles. The van der Waals surface area contributed by atoms with E-state index in [2.05, 4.69) is 4.90 Å². The Morgan fingerprint density at radius 2 is 1.79 bits per heavy atom. The number of hydrogen-bond acceptors (Lipinski definition) is 3. The van der Waals surface area contributed by atoms with Gasteiger partial charge < -0.3 is 15.7 Å². The lowest BCUT2D eigenvalue weighted by Gasteiger charge is -2.38. The minimum absolute atomic E-state index is 0.0522. The zero-order chi connectivity index (χ0) is 13.2. The Hall–Kier alpha value is -0.120. The molecule has 0 aromatic heterocycles. The minimum Gasteiger partial charge on any atom is -0.393 e. The van der Waals surface area contributed by atoms with Crippen LogP contribution >= 0.6 is 0 Å². The van der Waals surface area contributed by atoms with Crippen molar-refractivity contribution >= 4 is 0 Å². The lowest BCUT2D eigenvalue weighted by Crippen LogP contribution is -2.48. The van der Waals surface area contributed by atoms with Crippen molar-refractivity contribution in [2.75, 3.05) is 19.6 Å². The quantitative estimate of drug-likeness (QED) is 0.800. The molecular formula is C16H30N2O. The van der Waals surface area contributed by atoms with E-state index >= 15 is 0 Å². The third kappa shape index (κ3) is 3.93. The van der Waals surface area contributed by atoms with Gasteiger partial charge in [0, 0.05) is 25.7 Å². The van der Waals surface area contributed by atoms with Crippen LogP contribution in [-0.2, 0) is 0 Å². The Morgan fingerprint density at radius 3 is 2.47 bits per heavy atom. The van der Waals surface area contributed by atoms with Gasteiger partial charge >= 0.3 is 0 Å². The van der Waals surface area contributed by atoms with Crippen molar-refractivity contribution in [3.8, 4) is 0 Å². The van der Waals surface area contributed by atoms with Crippen molar-refractivity contribution in [1.29, 1.82) is 0 Å². The van der Waals surface area contributed by atoms with E-state index in [1.165, 1.54) is 51.6 Å². The lowest BCUT2D eigenvalue weighted by molar-refractivity contribution is 0.0748. The van der Waals surface area contributed by atoms with Gasteiger partial charge in [-0.25, -0.2) is 0 Å². The summed E-state index contributed by atoms with van der Waals surface area (Å²) in [7, 11) is 0. The highest BCUT2D eigenvalue weighted by Gasteiger charge is 2.34. The number of likely N-dealkylation sites (tertiary alicyclic amines) is 1. The second-order valence-corrected chi connectivity index (χ2v) is 7.37. The number of nitrogens with zero attached hydrogens (tertiary/aromatic N) is 1. The number of hydrogen-bond donors (Lipinski definition) is 2. The summed E-state index contributed by atoms with van der Waals surface area (Å²) in [5.74, 6) is 2.15. The first-order chi connectivity index (χ1) is 9.20. The third-order valence-electron chi connectivity index (χ3n) is 5.38. The van der Waals surface area contributed by atoms with Gasteiger partial charge in [0.2, 0.25) is 0 Å². The molecular weight excluding hydrogens is 236 g/mol. The summed E-state index contributed by atoms with van der Waals surface area (Å²) < 4.78 is 0. The summed E-state index contributed by atoms with van der Waals surface area (Å²) in [5.41, 5.74) is 6.23. The van der Waals surface area contributed by atoms with Crippen LogP contribution in [0.15, 0.2) is 0 Å². The molecule has 3 atom stereocenters. The van der Waals surface area contributed by atoms with Gasteiger partial charge in [-0.2, -0.15) is 0 Å². The fourth-order valence-electron chi connectivity index (χ4n) is 4.24. The van der Waals surface area contributed by atoms with Gasteiger partial charge in [0.05, 0.1) is 6.10 Å². The highest BCUT2D eigenvalue weighted by Crippen LogP contribution is 2.36. The van der Waals surface area contributed by atoms with Gasteiger partial charge in [0.1, 0.15) is 0 Å². The van der Waals surface area contributed by atoms with Gasteiger partial charge in [-0.3, -0.25) is 0 Å². The van der Waals surface area contributed by atoms with Crippen molar-refractivity contribution in [2.24, 2.45) is 23.5 Å². The molecule has 0 spiro atoms. The molecule has 2 saturated carbocycles. The maximum Gasteiger partial charge on any atom is 0.0571 e. The average Bonchev–Trinajstić information content (AvgIpc) is 3.09. The molecule has 0 aromatic rings. The van der Waals surface area contributed by atoms with Crippen LogP contribution in [0.4, 0.5) is 0 Å². The monoisotopic (exact) mass is 266 g/mol. The van der Waals surface area contributed by atoms with E-state index in [9.17, 15) is 5.11 Å². The normalized spacial score (nSPS) is 35.7. The van der Waals surface area contributed by atoms with Crippen LogP contribution in [-0.4, -0.2) is 41.8 Å². The summed E-state index contributed by atoms with van der Waals surface area (Å²) >= 11 is 0. The van der Waals surface area contributed by atoms with Crippen molar-refractivity contribution in [2.45, 2.75) is 63.5 Å². The second kappa shape index (κ2) is 6.11. The maximum atomic E-state index is 10.1. The second-order valence-electron chi connectivity index (χ2n) is 7.37. The number of nitrogens with two attached hydrogens (primary N) is 1. The lowest BCUT2D eigenvalue weighted by atomic mass is 9.88. The van der Waals surface area contributed by atoms with Crippen LogP contribution in [0.5, 0.6) is 0 Å². The molecule has 3 unspecified atom stereocenters. The molecule has 3 fully saturated rings. The van der Waals surface area contributed by atoms with Crippen LogP contribution in [0, 0.1) is 17.8 Å². The van der Waals surface area contributed by atoms with E-state index in [1.54, 1.807) is 0 Å². The molecule has 19 heavy (non-hydrogen) atoms. The number of aliphatic hydroxyl groups excluding tert-OH is 1. The predicted octanol–water partition coefficient (Wildman–Crippen LogP) is 1.99. The van der Waals surface area contributed by atoms with E-state index in [0.717, 1.165) is 25.3 Å². The summed E-state index contributed by atoms with van der Waals surface area (Å²) in [6, 6.07) is 0.326. The molecule has 0 aromatic carbocycles. The SMILES string of the molecule is NC1CC(CC(O)C2CC2)CN(CC2CCCC2)C1. The van der Waals surface area contributed by atoms with Crippen LogP contribution in [0.25, 0.3) is 0 Å². The summed E-state index contributed by atoms with van der Waals surface area (Å²) in [6.07, 6.45) is 10.2. The van der Waals surface area contributed by atoms with E-state index in [1.807, 2.05) is 0 Å². The Balaban J connectivity index is 1.47. The van der Waals surface area contributed by atoms with Gasteiger partial charge in [0.15, 0.2) is 0 Å². The number of rotatable bonds is 5. The van der Waals surface area contributed by atoms with Crippen LogP contribution in [0.2, 0.25) is 0 Å². The Labute approximate surface area is 117 Å². The molecule has 0 radical (unpaired) electrons. The molecule has 0 amide bonds. The Kier molecular flexibility index (Phi) is 4.45. The molecule has 0 bridgehead atoms. The summed E-state index contributed by atoms with van der Waals surface area (Å²) in [6.45, 7) is 3.50. The summed E-state index contributed by atoms with van der Waals surface area (Å²) in [4.78, 5) is 2.59. The molecule has 3 rings (SSSR count). The first kappa shape index (κ1) is 13.8. The third-order valence-corrected chi connectivity index (χ3v) is 5.38. The molecule has 3 nitrogen and oxygen atoms in total. The largest absolute Gasteiger partial charge is 0.393 e. The minimum atomic E-state index is -0.0522. The van der Waals surface area contributed by atoms with E-state index < -0.39 is 0 Å². The first-order valence-corrected chi connectivity index (χ1v) is 8.36. The summed E-state index contributed by atoms with van der Waals surface area (Å²) in [5, 5.41) is 10.1. The van der Waals surface area contributed by atoms with Crippen LogP contribution in [0.1, 0.15) is 51.4 Å². The molecule has 1 aliphatic heterocycles. The van der Waals surface area contributed by atoms with Gasteiger partial charge in [-0.1, -0.05) is 12.8 Å². The highest BCUT2D eigenvalue weighted by molar-refractivity contribution is 4.88. The van der Waals surface area contributed by atoms with Crippen molar-refractivity contribution in [3.05, 3.63) is 0 Å².